The third-order valence-corrected chi connectivity index (χ3v) is 6.60. The van der Waals surface area contributed by atoms with Crippen molar-refractivity contribution in [1.29, 1.82) is 5.41 Å². The molecule has 0 bridgehead atoms. The monoisotopic (exact) mass is 516 g/mol. The Kier molecular flexibility index (Phi) is 7.32. The van der Waals surface area contributed by atoms with Gasteiger partial charge in [-0.3, -0.25) is 24.5 Å². The Labute approximate surface area is 210 Å². The van der Waals surface area contributed by atoms with E-state index in [1.807, 2.05) is 6.08 Å². The number of pyridine rings is 1. The number of allylic oxidation sites excluding steroid dienone is 1. The molecular formula is C24H28F2N7O4+. The lowest BCUT2D eigenvalue weighted by Crippen LogP contribution is -2.52. The Balaban J connectivity index is 1.57. The first-order valence-electron chi connectivity index (χ1n) is 11.9. The molecule has 37 heavy (non-hydrogen) atoms. The molecule has 196 valence electrons. The fourth-order valence-corrected chi connectivity index (χ4v) is 4.34. The fraction of sp³-hybridized carbons (Fsp3) is 0.417. The van der Waals surface area contributed by atoms with Gasteiger partial charge in [-0.05, 0) is 44.6 Å². The molecule has 2 aromatic rings. The van der Waals surface area contributed by atoms with Gasteiger partial charge in [0.15, 0.2) is 5.71 Å². The molecule has 1 unspecified atom stereocenters. The molecule has 4 rings (SSSR count). The molecule has 2 amide bonds. The molecule has 0 spiro atoms. The topological polar surface area (TPSA) is 168 Å². The van der Waals surface area contributed by atoms with Crippen LogP contribution < -0.4 is 16.2 Å². The van der Waals surface area contributed by atoms with Crippen LogP contribution in [0.15, 0.2) is 40.1 Å². The number of carbonyl (C=O) groups is 2. The zero-order valence-corrected chi connectivity index (χ0v) is 20.3. The molecule has 6 N–H and O–H groups in total. The number of nitrogens with one attached hydrogen (secondary N) is 4. The fourth-order valence-electron chi connectivity index (χ4n) is 4.34. The Morgan fingerprint density at radius 1 is 1.38 bits per heavy atom. The molecule has 2 aliphatic rings. The summed E-state index contributed by atoms with van der Waals surface area (Å²) < 4.78 is 29.5. The molecular weight excluding hydrogens is 488 g/mol. The molecule has 0 saturated heterocycles. The summed E-state index contributed by atoms with van der Waals surface area (Å²) in [6, 6.07) is -0.914. The van der Waals surface area contributed by atoms with Crippen LogP contribution in [0.3, 0.4) is 0 Å². The first-order valence-corrected chi connectivity index (χ1v) is 11.9. The summed E-state index contributed by atoms with van der Waals surface area (Å²) >= 11 is 0. The van der Waals surface area contributed by atoms with Crippen molar-refractivity contribution in [2.45, 2.75) is 51.6 Å². The van der Waals surface area contributed by atoms with Crippen LogP contribution in [0.2, 0.25) is 0 Å². The van der Waals surface area contributed by atoms with Crippen molar-refractivity contribution < 1.29 is 23.6 Å². The second kappa shape index (κ2) is 10.4. The van der Waals surface area contributed by atoms with Gasteiger partial charge >= 0.3 is 0 Å². The number of aromatic amines is 1. The van der Waals surface area contributed by atoms with E-state index in [-0.39, 0.29) is 35.2 Å². The number of nitrogens with zero attached hydrogens (tertiary/aromatic N) is 3. The number of hydrogen-bond acceptors (Lipinski definition) is 6. The van der Waals surface area contributed by atoms with Gasteiger partial charge < -0.3 is 20.8 Å². The summed E-state index contributed by atoms with van der Waals surface area (Å²) in [5.74, 6) is -3.38. The molecule has 11 nitrogen and oxygen atoms in total. The largest absolute Gasteiger partial charge is 0.469 e. The van der Waals surface area contributed by atoms with Crippen LogP contribution in [-0.4, -0.2) is 49.3 Å². The van der Waals surface area contributed by atoms with Crippen molar-refractivity contribution in [2.24, 2.45) is 17.0 Å². The van der Waals surface area contributed by atoms with Crippen LogP contribution in [0, 0.1) is 29.0 Å². The Bertz CT molecular complexity index is 1360. The molecule has 1 fully saturated rings. The third kappa shape index (κ3) is 5.65. The molecule has 1 saturated carbocycles. The summed E-state index contributed by atoms with van der Waals surface area (Å²) in [4.78, 5) is 40.5. The van der Waals surface area contributed by atoms with E-state index in [0.29, 0.717) is 6.42 Å². The minimum Gasteiger partial charge on any atom is -0.469 e. The predicted molar refractivity (Wildman–Crippen MR) is 132 cm³/mol. The van der Waals surface area contributed by atoms with Gasteiger partial charge in [0, 0.05) is 17.7 Å². The first-order chi connectivity index (χ1) is 17.6. The molecule has 2 heterocycles. The van der Waals surface area contributed by atoms with E-state index in [1.165, 1.54) is 13.1 Å². The highest BCUT2D eigenvalue weighted by Gasteiger charge is 2.45. The molecule has 3 atom stereocenters. The van der Waals surface area contributed by atoms with Crippen molar-refractivity contribution in [3.05, 3.63) is 57.8 Å². The summed E-state index contributed by atoms with van der Waals surface area (Å²) in [6.07, 6.45) is 6.71. The molecule has 2 aromatic heterocycles. The molecule has 2 aliphatic carbocycles. The summed E-state index contributed by atoms with van der Waals surface area (Å²) in [5.41, 5.74) is -0.356. The van der Waals surface area contributed by atoms with Crippen LogP contribution in [0.4, 0.5) is 14.5 Å². The van der Waals surface area contributed by atoms with Crippen molar-refractivity contribution in [3.63, 3.8) is 0 Å². The average Bonchev–Trinajstić information content (AvgIpc) is 3.81. The van der Waals surface area contributed by atoms with E-state index < -0.39 is 46.9 Å². The second-order valence-electron chi connectivity index (χ2n) is 9.17. The van der Waals surface area contributed by atoms with E-state index in [9.17, 15) is 23.2 Å². The lowest BCUT2D eigenvalue weighted by atomic mass is 9.90. The zero-order chi connectivity index (χ0) is 26.9. The highest BCUT2D eigenvalue weighted by molar-refractivity contribution is 6.65. The number of H-pyrrole nitrogens is 1. The standard InChI is InChI=1S/C24H27F2N7O4/c1-3-16(32-37)19(27)23(35)30-20(18(12-4-5-12)13-6-7-13)24(36)29-17-10-33(31-21(17)26)11(2)15-8-14(25)9-28-22(15)34/h4,8-11,13,18,20,27,37H,3,5-7H2,1-2H3,(H,28,34)(H,29,36)(H,30,35)/p+1/b27-19?,32-16-/t11-,18?,20-/m0/s1. The summed E-state index contributed by atoms with van der Waals surface area (Å²) in [5, 5.41) is 27.3. The zero-order valence-electron chi connectivity index (χ0n) is 20.3. The van der Waals surface area contributed by atoms with Crippen molar-refractivity contribution in [2.75, 3.05) is 5.32 Å². The van der Waals surface area contributed by atoms with Crippen LogP contribution in [0.5, 0.6) is 0 Å². The normalized spacial score (nSPS) is 17.4. The highest BCUT2D eigenvalue weighted by Crippen LogP contribution is 2.47. The quantitative estimate of drug-likeness (QED) is 0.155. The van der Waals surface area contributed by atoms with E-state index >= 15 is 0 Å². The van der Waals surface area contributed by atoms with Crippen LogP contribution in [-0.2, 0) is 9.59 Å². The van der Waals surface area contributed by atoms with Gasteiger partial charge in [0.25, 0.3) is 17.4 Å². The van der Waals surface area contributed by atoms with E-state index in [4.69, 9.17) is 10.6 Å². The Morgan fingerprint density at radius 3 is 2.68 bits per heavy atom. The van der Waals surface area contributed by atoms with Gasteiger partial charge in [0.1, 0.15) is 23.3 Å². The van der Waals surface area contributed by atoms with Crippen LogP contribution in [0.25, 0.3) is 0 Å². The minimum absolute atomic E-state index is 0.0151. The minimum atomic E-state index is -1.09. The van der Waals surface area contributed by atoms with Crippen molar-refractivity contribution >= 4 is 28.9 Å². The van der Waals surface area contributed by atoms with Crippen molar-refractivity contribution in [3.8, 4) is 0 Å². The molecule has 0 aromatic carbocycles. The molecule has 0 aliphatic heterocycles. The maximum Gasteiger partial charge on any atom is 0.272 e. The predicted octanol–water partition coefficient (Wildman–Crippen LogP) is 1.75. The van der Waals surface area contributed by atoms with Gasteiger partial charge in [0.2, 0.25) is 5.91 Å². The van der Waals surface area contributed by atoms with Gasteiger partial charge in [0.05, 0.1) is 17.4 Å². The Morgan fingerprint density at radius 2 is 2.08 bits per heavy atom. The van der Waals surface area contributed by atoms with E-state index in [1.54, 1.807) is 6.92 Å². The molecule has 13 heteroatoms. The number of halogens is 2. The van der Waals surface area contributed by atoms with Crippen LogP contribution >= 0.6 is 0 Å². The van der Waals surface area contributed by atoms with Gasteiger partial charge in [-0.25, -0.2) is 4.39 Å². The lowest BCUT2D eigenvalue weighted by molar-refractivity contribution is -0.124. The smallest absolute Gasteiger partial charge is 0.272 e. The highest BCUT2D eigenvalue weighted by atomic mass is 19.1. The van der Waals surface area contributed by atoms with E-state index in [2.05, 4.69) is 25.9 Å². The second-order valence-corrected chi connectivity index (χ2v) is 9.17. The van der Waals surface area contributed by atoms with Crippen LogP contribution in [0.1, 0.15) is 51.1 Å². The number of carbonyl (C=O) groups excluding carboxylic acids is 2. The summed E-state index contributed by atoms with van der Waals surface area (Å²) in [7, 11) is 0. The average molecular weight is 517 g/mol. The number of hydrogen-bond donors (Lipinski definition) is 4. The Hall–Kier alpha value is -4.16. The maximum atomic E-state index is 14.7. The first kappa shape index (κ1) is 25.9. The summed E-state index contributed by atoms with van der Waals surface area (Å²) in [6.45, 7) is 3.18. The SMILES string of the molecule is CC/C(=N/[OH2+])C(=N)C(=O)N[C@H](C(=O)Nc1cn([C@@H](C)c2cc(F)c[nH]c2=O)nc1F)C(C1=CC1)C1CC1. The number of rotatable bonds is 11. The van der Waals surface area contributed by atoms with E-state index in [0.717, 1.165) is 35.4 Å². The third-order valence-electron chi connectivity index (χ3n) is 6.60. The molecule has 0 radical (unpaired) electrons. The number of aromatic nitrogens is 3. The number of anilines is 1. The van der Waals surface area contributed by atoms with Gasteiger partial charge in [-0.1, -0.05) is 18.6 Å². The van der Waals surface area contributed by atoms with Crippen molar-refractivity contribution in [1.82, 2.24) is 20.1 Å². The van der Waals surface area contributed by atoms with Gasteiger partial charge in [-0.15, -0.1) is 5.10 Å². The lowest BCUT2D eigenvalue weighted by Gasteiger charge is -2.26. The maximum absolute atomic E-state index is 14.7. The number of amides is 2. The van der Waals surface area contributed by atoms with Gasteiger partial charge in [-0.2, -0.15) is 4.39 Å².